The van der Waals surface area contributed by atoms with Gasteiger partial charge in [0.25, 0.3) is 0 Å². The summed E-state index contributed by atoms with van der Waals surface area (Å²) in [6.07, 6.45) is 2.45. The quantitative estimate of drug-likeness (QED) is 0.0318. The van der Waals surface area contributed by atoms with E-state index in [0.29, 0.717) is 25.0 Å². The number of aliphatic hydroxyl groups excluding tert-OH is 2. The summed E-state index contributed by atoms with van der Waals surface area (Å²) < 4.78 is 0. The minimum absolute atomic E-state index is 0.0180. The summed E-state index contributed by atoms with van der Waals surface area (Å²) >= 11 is 1.33. The number of aliphatic carboxylic acids is 1. The van der Waals surface area contributed by atoms with Crippen molar-refractivity contribution in [2.24, 2.45) is 23.1 Å². The molecule has 69 heavy (non-hydrogen) atoms. The molecule has 0 saturated carbocycles. The number of hydrogen-bond acceptors (Lipinski definition) is 16. The lowest BCUT2D eigenvalue weighted by Gasteiger charge is -2.32. The molecule has 2 heterocycles. The molecule has 388 valence electrons. The normalized spacial score (nSPS) is 18.1. The largest absolute Gasteiger partial charge is 0.480 e. The van der Waals surface area contributed by atoms with Crippen LogP contribution in [-0.2, 0) is 57.5 Å². The average Bonchev–Trinajstić information content (AvgIpc) is 4.00. The smallest absolute Gasteiger partial charge is 0.328 e. The molecule has 2 saturated heterocycles. The standard InChI is InChI=1S/C41H68N12O15S/c1-21(2)16-25(49-39(65)28-6-4-14-53(28)40(66)29-7-5-13-52(29)33(59)18-46-34(60)22(42)8-10-30(43)56)38(64)48-24(12-15-69-3)37(63)50-26(19-54)35(61)45-17-32(58)47-23(9-11-31(44)57)36(62)51-27(20-55)41(67)68/h21-29,54-55H,4-20,42H2,1-3H3,(H2,43,56)(H2,44,57)(H,45,61)(H,46,60)(H,47,58)(H,48,64)(H,49,65)(H,50,63)(H,51,62)(H,67,68)/t22-,23-,24-,25-,26-,27-,28-,29-/m0/s1. The fourth-order valence-electron chi connectivity index (χ4n) is 7.40. The topological polar surface area (TPSA) is 434 Å². The van der Waals surface area contributed by atoms with Crippen molar-refractivity contribution in [1.29, 1.82) is 0 Å². The Kier molecular flexibility index (Phi) is 25.4. The Morgan fingerprint density at radius 3 is 1.71 bits per heavy atom. The molecule has 8 atom stereocenters. The third-order valence-corrected chi connectivity index (χ3v) is 11.7. The monoisotopic (exact) mass is 1000 g/mol. The summed E-state index contributed by atoms with van der Waals surface area (Å²) in [7, 11) is 0. The zero-order chi connectivity index (χ0) is 52.0. The summed E-state index contributed by atoms with van der Waals surface area (Å²) in [5.41, 5.74) is 16.0. The van der Waals surface area contributed by atoms with E-state index in [1.54, 1.807) is 20.1 Å². The SMILES string of the molecule is CSCC[C@H](NC(=O)[C@H](CC(C)C)NC(=O)[C@@H]1CCCN1C(=O)[C@@H]1CCCN1C(=O)CNC(=O)[C@@H](N)CCC(N)=O)C(=O)N[C@@H](CO)C(=O)NCC(=O)N[C@@H](CCC(N)=O)C(=O)N[C@@H](CO)C(=O)O. The fraction of sp³-hybridized carbons (Fsp3) is 0.707. The molecule has 0 aromatic heterocycles. The van der Waals surface area contributed by atoms with Gasteiger partial charge in [-0.3, -0.25) is 52.7 Å². The van der Waals surface area contributed by atoms with Gasteiger partial charge in [-0.05, 0) is 69.3 Å². The summed E-state index contributed by atoms with van der Waals surface area (Å²) in [5.74, 6) is -10.0. The Morgan fingerprint density at radius 2 is 1.14 bits per heavy atom. The molecule has 0 bridgehead atoms. The van der Waals surface area contributed by atoms with Crippen LogP contribution in [0.3, 0.4) is 0 Å². The molecular formula is C41H68N12O15S. The number of primary amides is 2. The molecule has 28 heteroatoms. The average molecular weight is 1000 g/mol. The summed E-state index contributed by atoms with van der Waals surface area (Å²) in [6.45, 7) is 0.779. The van der Waals surface area contributed by atoms with Gasteiger partial charge in [-0.1, -0.05) is 13.8 Å². The molecule has 0 aromatic rings. The zero-order valence-corrected chi connectivity index (χ0v) is 39.8. The molecule has 0 radical (unpaired) electrons. The number of nitrogens with two attached hydrogens (primary N) is 3. The van der Waals surface area contributed by atoms with E-state index in [9.17, 15) is 67.7 Å². The van der Waals surface area contributed by atoms with Crippen molar-refractivity contribution in [3.8, 4) is 0 Å². The van der Waals surface area contributed by atoms with Crippen molar-refractivity contribution in [2.75, 3.05) is 51.4 Å². The van der Waals surface area contributed by atoms with Crippen molar-refractivity contribution in [1.82, 2.24) is 47.0 Å². The number of nitrogens with zero attached hydrogens (tertiary/aromatic N) is 2. The van der Waals surface area contributed by atoms with Crippen molar-refractivity contribution < 1.29 is 72.9 Å². The molecule has 2 aliphatic heterocycles. The first-order valence-corrected chi connectivity index (χ1v) is 23.9. The maximum atomic E-state index is 14.0. The van der Waals surface area contributed by atoms with Crippen LogP contribution in [0.4, 0.5) is 0 Å². The van der Waals surface area contributed by atoms with Gasteiger partial charge in [-0.15, -0.1) is 0 Å². The van der Waals surface area contributed by atoms with Crippen LogP contribution in [0, 0.1) is 5.92 Å². The number of hydrogen-bond donors (Lipinski definition) is 13. The Labute approximate surface area is 402 Å². The number of rotatable bonds is 30. The first-order valence-electron chi connectivity index (χ1n) is 22.5. The summed E-state index contributed by atoms with van der Waals surface area (Å²) in [4.78, 5) is 156. The molecule has 2 aliphatic rings. The lowest BCUT2D eigenvalue weighted by Crippen LogP contribution is -2.59. The number of aliphatic hydroxyl groups is 2. The van der Waals surface area contributed by atoms with Gasteiger partial charge in [-0.25, -0.2) is 4.79 Å². The number of carboxylic acids is 1. The van der Waals surface area contributed by atoms with E-state index < -0.39 is 152 Å². The summed E-state index contributed by atoms with van der Waals surface area (Å²) in [6, 6.07) is -10.4. The number of amides is 11. The van der Waals surface area contributed by atoms with Crippen molar-refractivity contribution >= 4 is 82.7 Å². The second-order valence-electron chi connectivity index (χ2n) is 17.0. The van der Waals surface area contributed by atoms with Gasteiger partial charge in [0, 0.05) is 25.9 Å². The van der Waals surface area contributed by atoms with E-state index in [2.05, 4.69) is 31.9 Å². The number of thioether (sulfide) groups is 1. The van der Waals surface area contributed by atoms with Gasteiger partial charge < -0.3 is 79.5 Å². The first-order chi connectivity index (χ1) is 32.5. The van der Waals surface area contributed by atoms with Crippen LogP contribution in [0.2, 0.25) is 0 Å². The first kappa shape index (κ1) is 59.0. The minimum atomic E-state index is -1.73. The van der Waals surface area contributed by atoms with Crippen LogP contribution in [0.1, 0.15) is 78.1 Å². The molecule has 0 unspecified atom stereocenters. The second-order valence-corrected chi connectivity index (χ2v) is 18.0. The third kappa shape index (κ3) is 19.8. The Balaban J connectivity index is 2.12. The van der Waals surface area contributed by atoms with Gasteiger partial charge in [0.15, 0.2) is 0 Å². The van der Waals surface area contributed by atoms with E-state index in [1.165, 1.54) is 21.6 Å². The number of nitrogens with one attached hydrogen (secondary N) is 7. The molecule has 16 N–H and O–H groups in total. The maximum Gasteiger partial charge on any atom is 0.328 e. The van der Waals surface area contributed by atoms with E-state index in [0.717, 1.165) is 0 Å². The molecule has 0 aromatic carbocycles. The van der Waals surface area contributed by atoms with Crippen LogP contribution < -0.4 is 54.4 Å². The second kappa shape index (κ2) is 29.7. The van der Waals surface area contributed by atoms with E-state index in [4.69, 9.17) is 22.3 Å². The molecule has 0 spiro atoms. The molecule has 2 fully saturated rings. The Bertz CT molecular complexity index is 1880. The minimum Gasteiger partial charge on any atom is -0.480 e. The van der Waals surface area contributed by atoms with Crippen LogP contribution in [0.5, 0.6) is 0 Å². The number of carboxylic acid groups (broad SMARTS) is 1. The van der Waals surface area contributed by atoms with E-state index in [-0.39, 0.29) is 57.5 Å². The molecule has 11 amide bonds. The van der Waals surface area contributed by atoms with Gasteiger partial charge >= 0.3 is 5.97 Å². The van der Waals surface area contributed by atoms with Crippen molar-refractivity contribution in [2.45, 2.75) is 126 Å². The molecule has 0 aliphatic carbocycles. The summed E-state index contributed by atoms with van der Waals surface area (Å²) in [5, 5.41) is 44.9. The highest BCUT2D eigenvalue weighted by atomic mass is 32.2. The highest BCUT2D eigenvalue weighted by molar-refractivity contribution is 7.98. The molecule has 27 nitrogen and oxygen atoms in total. The number of carbonyl (C=O) groups is 12. The van der Waals surface area contributed by atoms with Gasteiger partial charge in [0.05, 0.1) is 32.3 Å². The van der Waals surface area contributed by atoms with Gasteiger partial charge in [0.1, 0.15) is 42.3 Å². The zero-order valence-electron chi connectivity index (χ0n) is 39.0. The Morgan fingerprint density at radius 1 is 0.623 bits per heavy atom. The van der Waals surface area contributed by atoms with Crippen LogP contribution >= 0.6 is 11.8 Å². The highest BCUT2D eigenvalue weighted by Gasteiger charge is 2.43. The number of likely N-dealkylation sites (tertiary alicyclic amines) is 2. The fourth-order valence-corrected chi connectivity index (χ4v) is 7.88. The van der Waals surface area contributed by atoms with E-state index >= 15 is 0 Å². The van der Waals surface area contributed by atoms with Gasteiger partial charge in [-0.2, -0.15) is 11.8 Å². The third-order valence-electron chi connectivity index (χ3n) is 11.1. The predicted molar refractivity (Wildman–Crippen MR) is 244 cm³/mol. The Hall–Kier alpha value is -6.13. The van der Waals surface area contributed by atoms with E-state index in [1.807, 2.05) is 5.32 Å². The van der Waals surface area contributed by atoms with Crippen LogP contribution in [0.15, 0.2) is 0 Å². The maximum absolute atomic E-state index is 14.0. The molecule has 2 rings (SSSR count). The van der Waals surface area contributed by atoms with Crippen LogP contribution in [0.25, 0.3) is 0 Å². The highest BCUT2D eigenvalue weighted by Crippen LogP contribution is 2.25. The predicted octanol–water partition coefficient (Wildman–Crippen LogP) is -6.65. The number of carbonyl (C=O) groups excluding carboxylic acids is 11. The lowest BCUT2D eigenvalue weighted by atomic mass is 10.0. The lowest BCUT2D eigenvalue weighted by molar-refractivity contribution is -0.147. The van der Waals surface area contributed by atoms with Crippen LogP contribution in [-0.4, -0.2) is 196 Å². The van der Waals surface area contributed by atoms with Crippen molar-refractivity contribution in [3.63, 3.8) is 0 Å². The van der Waals surface area contributed by atoms with Crippen molar-refractivity contribution in [3.05, 3.63) is 0 Å². The molecular weight excluding hydrogens is 933 g/mol. The van der Waals surface area contributed by atoms with Gasteiger partial charge in [0.2, 0.25) is 65.0 Å².